The predicted molar refractivity (Wildman–Crippen MR) is 93.0 cm³/mol. The first-order valence-corrected chi connectivity index (χ1v) is 10.7. The highest BCUT2D eigenvalue weighted by atomic mass is 32.2. The Kier molecular flexibility index (Phi) is 5.01. The summed E-state index contributed by atoms with van der Waals surface area (Å²) >= 11 is 1.86. The van der Waals surface area contributed by atoms with E-state index in [2.05, 4.69) is 4.98 Å². The molecule has 2 aliphatic rings. The molecule has 0 aliphatic carbocycles. The van der Waals surface area contributed by atoms with E-state index in [1.165, 1.54) is 0 Å². The van der Waals surface area contributed by atoms with Gasteiger partial charge in [0, 0.05) is 29.3 Å². The first-order chi connectivity index (χ1) is 10.9. The number of hydrogen-bond acceptors (Lipinski definition) is 5. The minimum absolute atomic E-state index is 0.0749. The summed E-state index contributed by atoms with van der Waals surface area (Å²) in [5.74, 6) is 1.19. The fraction of sp³-hybridized carbons (Fsp3) is 0.688. The normalized spacial score (nSPS) is 24.0. The maximum absolute atomic E-state index is 12.1. The van der Waals surface area contributed by atoms with E-state index in [0.717, 1.165) is 23.6 Å². The third-order valence-corrected chi connectivity index (χ3v) is 7.92. The second-order valence-electron chi connectivity index (χ2n) is 6.49. The zero-order valence-corrected chi connectivity index (χ0v) is 15.3. The van der Waals surface area contributed by atoms with Gasteiger partial charge in [0.1, 0.15) is 0 Å². The van der Waals surface area contributed by atoms with Crippen molar-refractivity contribution >= 4 is 21.8 Å². The Hall–Kier alpha value is -0.630. The average Bonchev–Trinajstić information content (AvgIpc) is 2.88. The molecule has 128 valence electrons. The van der Waals surface area contributed by atoms with Crippen molar-refractivity contribution in [3.8, 4) is 0 Å². The fourth-order valence-electron chi connectivity index (χ4n) is 3.19. The summed E-state index contributed by atoms with van der Waals surface area (Å²) in [6, 6.07) is 5.95. The number of ether oxygens (including phenoxy) is 1. The largest absolute Gasteiger partial charge is 0.371 e. The number of sulfonamides is 1. The highest BCUT2D eigenvalue weighted by Gasteiger charge is 2.52. The van der Waals surface area contributed by atoms with Crippen molar-refractivity contribution in [3.05, 3.63) is 29.6 Å². The van der Waals surface area contributed by atoms with Crippen LogP contribution in [0.5, 0.6) is 0 Å². The van der Waals surface area contributed by atoms with Crippen molar-refractivity contribution in [2.75, 3.05) is 24.6 Å². The van der Waals surface area contributed by atoms with E-state index in [9.17, 15) is 8.42 Å². The molecule has 0 bridgehead atoms. The summed E-state index contributed by atoms with van der Waals surface area (Å²) < 4.78 is 31.8. The van der Waals surface area contributed by atoms with Gasteiger partial charge in [0.05, 0.1) is 24.2 Å². The molecule has 1 aromatic heterocycles. The van der Waals surface area contributed by atoms with Crippen LogP contribution in [-0.4, -0.2) is 53.2 Å². The van der Waals surface area contributed by atoms with Crippen LogP contribution in [0.2, 0.25) is 0 Å². The van der Waals surface area contributed by atoms with Gasteiger partial charge < -0.3 is 4.74 Å². The molecule has 3 heterocycles. The van der Waals surface area contributed by atoms with Crippen LogP contribution in [0.3, 0.4) is 0 Å². The van der Waals surface area contributed by atoms with E-state index in [-0.39, 0.29) is 16.6 Å². The van der Waals surface area contributed by atoms with Crippen molar-refractivity contribution < 1.29 is 13.2 Å². The zero-order valence-electron chi connectivity index (χ0n) is 13.7. The third-order valence-electron chi connectivity index (χ3n) is 4.37. The summed E-state index contributed by atoms with van der Waals surface area (Å²) in [4.78, 5) is 4.45. The maximum atomic E-state index is 12.1. The van der Waals surface area contributed by atoms with Crippen LogP contribution >= 0.6 is 11.8 Å². The Bertz CT molecular complexity index is 657. The van der Waals surface area contributed by atoms with E-state index < -0.39 is 10.0 Å². The lowest BCUT2D eigenvalue weighted by atomic mass is 9.95. The molecule has 1 aromatic rings. The molecule has 0 N–H and O–H groups in total. The highest BCUT2D eigenvalue weighted by Crippen LogP contribution is 2.47. The van der Waals surface area contributed by atoms with Crippen LogP contribution in [0.15, 0.2) is 18.2 Å². The van der Waals surface area contributed by atoms with Gasteiger partial charge in [-0.15, -0.1) is 11.8 Å². The SMILES string of the molecule is CCCS(=O)(=O)N1CC2(C[C@H](OCc3cccc(C)n3)CS2)C1. The minimum Gasteiger partial charge on any atom is -0.371 e. The molecule has 0 amide bonds. The van der Waals surface area contributed by atoms with E-state index in [1.54, 1.807) is 4.31 Å². The Labute approximate surface area is 142 Å². The van der Waals surface area contributed by atoms with Gasteiger partial charge in [0.2, 0.25) is 10.0 Å². The van der Waals surface area contributed by atoms with E-state index in [0.29, 0.717) is 26.1 Å². The number of pyridine rings is 1. The minimum atomic E-state index is -3.05. The average molecular weight is 357 g/mol. The molecule has 0 saturated carbocycles. The Balaban J connectivity index is 1.48. The van der Waals surface area contributed by atoms with Gasteiger partial charge in [0.15, 0.2) is 0 Å². The fourth-order valence-corrected chi connectivity index (χ4v) is 6.57. The molecule has 1 atom stereocenters. The summed E-state index contributed by atoms with van der Waals surface area (Å²) in [6.45, 7) is 5.69. The predicted octanol–water partition coefficient (Wildman–Crippen LogP) is 2.21. The van der Waals surface area contributed by atoms with Gasteiger partial charge >= 0.3 is 0 Å². The Morgan fingerprint density at radius 2 is 2.22 bits per heavy atom. The molecular weight excluding hydrogens is 332 g/mol. The summed E-state index contributed by atoms with van der Waals surface area (Å²) in [5, 5.41) is 0. The van der Waals surface area contributed by atoms with Crippen LogP contribution in [0.4, 0.5) is 0 Å². The quantitative estimate of drug-likeness (QED) is 0.782. The molecule has 2 fully saturated rings. The highest BCUT2D eigenvalue weighted by molar-refractivity contribution is 8.01. The molecule has 3 rings (SSSR count). The smallest absolute Gasteiger partial charge is 0.214 e. The second kappa shape index (κ2) is 6.70. The first-order valence-electron chi connectivity index (χ1n) is 8.08. The van der Waals surface area contributed by atoms with Gasteiger partial charge in [-0.1, -0.05) is 13.0 Å². The topological polar surface area (TPSA) is 59.5 Å². The number of thioether (sulfide) groups is 1. The number of hydrogen-bond donors (Lipinski definition) is 0. The molecule has 23 heavy (non-hydrogen) atoms. The Morgan fingerprint density at radius 1 is 1.43 bits per heavy atom. The van der Waals surface area contributed by atoms with Gasteiger partial charge in [0.25, 0.3) is 0 Å². The van der Waals surface area contributed by atoms with Crippen LogP contribution in [-0.2, 0) is 21.4 Å². The standard InChI is InChI=1S/C16H24N2O3S2/c1-3-7-23(19,20)18-11-16(12-18)8-15(10-22-16)21-9-14-6-4-5-13(2)17-14/h4-6,15H,3,7-12H2,1-2H3/t15-/m0/s1. The molecule has 0 radical (unpaired) electrons. The van der Waals surface area contributed by atoms with Crippen molar-refractivity contribution in [2.45, 2.75) is 44.1 Å². The van der Waals surface area contributed by atoms with Crippen LogP contribution in [0.1, 0.15) is 31.2 Å². The molecule has 5 nitrogen and oxygen atoms in total. The lowest BCUT2D eigenvalue weighted by molar-refractivity contribution is 0.0380. The summed E-state index contributed by atoms with van der Waals surface area (Å²) in [6.07, 6.45) is 1.80. The third kappa shape index (κ3) is 3.90. The molecule has 2 saturated heterocycles. The molecule has 2 aliphatic heterocycles. The van der Waals surface area contributed by atoms with Crippen molar-refractivity contribution in [1.82, 2.24) is 9.29 Å². The lowest BCUT2D eigenvalue weighted by Crippen LogP contribution is -2.61. The lowest BCUT2D eigenvalue weighted by Gasteiger charge is -2.46. The molecule has 0 aromatic carbocycles. The van der Waals surface area contributed by atoms with E-state index >= 15 is 0 Å². The van der Waals surface area contributed by atoms with E-state index in [4.69, 9.17) is 4.74 Å². The van der Waals surface area contributed by atoms with Crippen LogP contribution < -0.4 is 0 Å². The van der Waals surface area contributed by atoms with Crippen LogP contribution in [0, 0.1) is 6.92 Å². The van der Waals surface area contributed by atoms with Gasteiger partial charge in [-0.3, -0.25) is 4.98 Å². The van der Waals surface area contributed by atoms with Crippen molar-refractivity contribution in [3.63, 3.8) is 0 Å². The molecule has 1 spiro atoms. The summed E-state index contributed by atoms with van der Waals surface area (Å²) in [7, 11) is -3.05. The van der Waals surface area contributed by atoms with Gasteiger partial charge in [-0.05, 0) is 31.9 Å². The molecule has 7 heteroatoms. The summed E-state index contributed by atoms with van der Waals surface area (Å²) in [5.41, 5.74) is 1.95. The monoisotopic (exact) mass is 356 g/mol. The number of nitrogens with zero attached hydrogens (tertiary/aromatic N) is 2. The zero-order chi connectivity index (χ0) is 16.5. The first kappa shape index (κ1) is 17.2. The molecule has 0 unspecified atom stereocenters. The number of rotatable bonds is 6. The van der Waals surface area contributed by atoms with Crippen molar-refractivity contribution in [2.24, 2.45) is 0 Å². The van der Waals surface area contributed by atoms with Gasteiger partial charge in [-0.25, -0.2) is 8.42 Å². The van der Waals surface area contributed by atoms with E-state index in [1.807, 2.05) is 43.8 Å². The van der Waals surface area contributed by atoms with Crippen LogP contribution in [0.25, 0.3) is 0 Å². The van der Waals surface area contributed by atoms with Crippen molar-refractivity contribution in [1.29, 1.82) is 0 Å². The molecular formula is C16H24N2O3S2. The number of aromatic nitrogens is 1. The Morgan fingerprint density at radius 3 is 2.91 bits per heavy atom. The van der Waals surface area contributed by atoms with Gasteiger partial charge in [-0.2, -0.15) is 4.31 Å². The second-order valence-corrected chi connectivity index (χ2v) is 10.1. The number of aryl methyl sites for hydroxylation is 1. The maximum Gasteiger partial charge on any atom is 0.214 e.